The van der Waals surface area contributed by atoms with Crippen LogP contribution >= 0.6 is 0 Å². The molecular weight excluding hydrogens is 315 g/mol. The fourth-order valence-corrected chi connectivity index (χ4v) is 4.93. The van der Waals surface area contributed by atoms with E-state index >= 15 is 0 Å². The van der Waals surface area contributed by atoms with Crippen LogP contribution in [0.5, 0.6) is 0 Å². The molecule has 0 N–H and O–H groups in total. The summed E-state index contributed by atoms with van der Waals surface area (Å²) in [6, 6.07) is 32.2. The maximum absolute atomic E-state index is 13.4. The molecule has 4 rings (SSSR count). The van der Waals surface area contributed by atoms with Crippen molar-refractivity contribution < 1.29 is 4.39 Å². The number of hydrogen-bond donors (Lipinski definition) is 0. The molecule has 0 aliphatic carbocycles. The first-order chi connectivity index (χ1) is 11.8. The molecule has 0 spiro atoms. The van der Waals surface area contributed by atoms with E-state index in [1.165, 1.54) is 20.6 Å². The first-order valence-corrected chi connectivity index (χ1v) is 9.07. The summed E-state index contributed by atoms with van der Waals surface area (Å²) in [6.07, 6.45) is 0. The standard InChI is InChI=1S/C22H16FS/c23-19-11-14-21(15-12-19)24(20-8-2-1-3-9-20)22-13-10-17-6-4-5-7-18(17)16-22/h1-16H/q+1. The minimum atomic E-state index is -0.246. The third-order valence-corrected chi connectivity index (χ3v) is 6.20. The van der Waals surface area contributed by atoms with Crippen LogP contribution in [0.15, 0.2) is 112 Å². The Morgan fingerprint density at radius 2 is 1.08 bits per heavy atom. The molecule has 0 aliphatic heterocycles. The van der Waals surface area contributed by atoms with Gasteiger partial charge in [0.2, 0.25) is 0 Å². The predicted octanol–water partition coefficient (Wildman–Crippen LogP) is 6.07. The first-order valence-electron chi connectivity index (χ1n) is 7.85. The topological polar surface area (TPSA) is 0 Å². The summed E-state index contributed by atoms with van der Waals surface area (Å²) in [6.45, 7) is 0. The van der Waals surface area contributed by atoms with Crippen molar-refractivity contribution in [1.29, 1.82) is 0 Å². The normalized spacial score (nSPS) is 12.2. The van der Waals surface area contributed by atoms with Crippen LogP contribution in [0.25, 0.3) is 10.8 Å². The largest absolute Gasteiger partial charge is 0.207 e. The Kier molecular flexibility index (Phi) is 4.06. The van der Waals surface area contributed by atoms with E-state index in [4.69, 9.17) is 0 Å². The van der Waals surface area contributed by atoms with Gasteiger partial charge in [-0.05, 0) is 59.3 Å². The molecule has 0 aromatic heterocycles. The van der Waals surface area contributed by atoms with Gasteiger partial charge in [-0.15, -0.1) is 0 Å². The molecule has 0 saturated heterocycles. The van der Waals surface area contributed by atoms with Gasteiger partial charge in [0.1, 0.15) is 5.82 Å². The van der Waals surface area contributed by atoms with Crippen LogP contribution in [0.3, 0.4) is 0 Å². The molecule has 1 atom stereocenters. The summed E-state index contributed by atoms with van der Waals surface area (Å²) in [5.41, 5.74) is 0. The Morgan fingerprint density at radius 3 is 1.83 bits per heavy atom. The van der Waals surface area contributed by atoms with Crippen molar-refractivity contribution in [2.45, 2.75) is 14.7 Å². The molecule has 0 radical (unpaired) electrons. The summed E-state index contributed by atoms with van der Waals surface area (Å²) in [4.78, 5) is 3.60. The highest BCUT2D eigenvalue weighted by molar-refractivity contribution is 7.97. The minimum Gasteiger partial charge on any atom is -0.207 e. The van der Waals surface area contributed by atoms with Crippen LogP contribution in [0.2, 0.25) is 0 Å². The maximum atomic E-state index is 13.4. The molecule has 0 nitrogen and oxygen atoms in total. The highest BCUT2D eigenvalue weighted by Gasteiger charge is 2.28. The second kappa shape index (κ2) is 6.50. The SMILES string of the molecule is Fc1ccc([S+](c2ccccc2)c2ccc3ccccc3c2)cc1. The monoisotopic (exact) mass is 331 g/mol. The van der Waals surface area contributed by atoms with E-state index in [0.717, 1.165) is 4.90 Å². The van der Waals surface area contributed by atoms with Gasteiger partial charge in [0, 0.05) is 6.07 Å². The summed E-state index contributed by atoms with van der Waals surface area (Å²) >= 11 is 0. The van der Waals surface area contributed by atoms with Crippen LogP contribution < -0.4 is 0 Å². The lowest BCUT2D eigenvalue weighted by Crippen LogP contribution is -2.04. The molecule has 116 valence electrons. The third kappa shape index (κ3) is 2.93. The number of rotatable bonds is 3. The van der Waals surface area contributed by atoms with Gasteiger partial charge in [-0.2, -0.15) is 0 Å². The van der Waals surface area contributed by atoms with Crippen molar-refractivity contribution in [3.8, 4) is 0 Å². The quantitative estimate of drug-likeness (QED) is 0.399. The smallest absolute Gasteiger partial charge is 0.167 e. The molecule has 1 unspecified atom stereocenters. The highest BCUT2D eigenvalue weighted by Crippen LogP contribution is 2.32. The molecule has 4 aromatic carbocycles. The van der Waals surface area contributed by atoms with Crippen molar-refractivity contribution in [3.63, 3.8) is 0 Å². The van der Waals surface area contributed by atoms with E-state index in [-0.39, 0.29) is 16.7 Å². The zero-order valence-corrected chi connectivity index (χ0v) is 13.8. The van der Waals surface area contributed by atoms with Gasteiger partial charge in [0.25, 0.3) is 0 Å². The predicted molar refractivity (Wildman–Crippen MR) is 99.0 cm³/mol. The molecule has 0 saturated carbocycles. The zero-order chi connectivity index (χ0) is 16.4. The van der Waals surface area contributed by atoms with Gasteiger partial charge in [-0.1, -0.05) is 42.5 Å². The van der Waals surface area contributed by atoms with Crippen LogP contribution in [-0.4, -0.2) is 0 Å². The molecule has 24 heavy (non-hydrogen) atoms. The van der Waals surface area contributed by atoms with E-state index < -0.39 is 0 Å². The van der Waals surface area contributed by atoms with Crippen molar-refractivity contribution in [1.82, 2.24) is 0 Å². The Morgan fingerprint density at radius 1 is 0.500 bits per heavy atom. The fraction of sp³-hybridized carbons (Fsp3) is 0. The van der Waals surface area contributed by atoms with Crippen LogP contribution in [-0.2, 0) is 10.9 Å². The minimum absolute atomic E-state index is 0.200. The molecule has 4 aromatic rings. The lowest BCUT2D eigenvalue weighted by atomic mass is 10.1. The van der Waals surface area contributed by atoms with Gasteiger partial charge >= 0.3 is 0 Å². The summed E-state index contributed by atoms with van der Waals surface area (Å²) < 4.78 is 13.4. The summed E-state index contributed by atoms with van der Waals surface area (Å²) in [5.74, 6) is -0.200. The van der Waals surface area contributed by atoms with Gasteiger partial charge in [0.05, 0.1) is 10.9 Å². The van der Waals surface area contributed by atoms with Gasteiger partial charge < -0.3 is 0 Å². The van der Waals surface area contributed by atoms with Gasteiger partial charge in [-0.25, -0.2) is 4.39 Å². The summed E-state index contributed by atoms with van der Waals surface area (Å²) in [5, 5.41) is 2.46. The van der Waals surface area contributed by atoms with E-state index in [0.29, 0.717) is 0 Å². The van der Waals surface area contributed by atoms with Crippen molar-refractivity contribution in [3.05, 3.63) is 103 Å². The van der Waals surface area contributed by atoms with Gasteiger partial charge in [0.15, 0.2) is 14.7 Å². The van der Waals surface area contributed by atoms with Crippen LogP contribution in [0.1, 0.15) is 0 Å². The molecule has 0 amide bonds. The van der Waals surface area contributed by atoms with E-state index in [2.05, 4.69) is 66.7 Å². The van der Waals surface area contributed by atoms with Crippen molar-refractivity contribution >= 4 is 21.7 Å². The zero-order valence-electron chi connectivity index (χ0n) is 13.0. The third-order valence-electron chi connectivity index (χ3n) is 3.98. The summed E-state index contributed by atoms with van der Waals surface area (Å²) in [7, 11) is -0.246. The molecule has 0 heterocycles. The Labute approximate surface area is 143 Å². The lowest BCUT2D eigenvalue weighted by Gasteiger charge is -2.09. The Hall–Kier alpha value is -2.58. The molecule has 0 fully saturated rings. The Balaban J connectivity index is 1.89. The maximum Gasteiger partial charge on any atom is 0.167 e. The first kappa shape index (κ1) is 15.0. The average Bonchev–Trinajstić information content (AvgIpc) is 2.64. The number of halogens is 1. The van der Waals surface area contributed by atoms with Crippen molar-refractivity contribution in [2.24, 2.45) is 0 Å². The number of benzene rings is 4. The van der Waals surface area contributed by atoms with Crippen LogP contribution in [0.4, 0.5) is 4.39 Å². The van der Waals surface area contributed by atoms with E-state index in [1.807, 2.05) is 18.2 Å². The fourth-order valence-electron chi connectivity index (χ4n) is 2.83. The van der Waals surface area contributed by atoms with Crippen LogP contribution in [0, 0.1) is 5.82 Å². The highest BCUT2D eigenvalue weighted by atomic mass is 32.2. The average molecular weight is 331 g/mol. The Bertz CT molecular complexity index is 962. The molecular formula is C22H16FS+. The number of hydrogen-bond acceptors (Lipinski definition) is 0. The lowest BCUT2D eigenvalue weighted by molar-refractivity contribution is 0.626. The molecule has 2 heteroatoms. The number of fused-ring (bicyclic) bond motifs is 1. The van der Waals surface area contributed by atoms with E-state index in [9.17, 15) is 4.39 Å². The molecule has 0 aliphatic rings. The molecule has 0 bridgehead atoms. The second-order valence-corrected chi connectivity index (χ2v) is 7.61. The second-order valence-electron chi connectivity index (χ2n) is 5.58. The van der Waals surface area contributed by atoms with Gasteiger partial charge in [-0.3, -0.25) is 0 Å². The van der Waals surface area contributed by atoms with Crippen molar-refractivity contribution in [2.75, 3.05) is 0 Å². The van der Waals surface area contributed by atoms with E-state index in [1.54, 1.807) is 12.1 Å².